The molecule has 0 bridgehead atoms. The Balaban J connectivity index is 1.56. The fourth-order valence-corrected chi connectivity index (χ4v) is 3.05. The largest absolute Gasteiger partial charge is 0.481 e. The predicted octanol–water partition coefficient (Wildman–Crippen LogP) is 4.60. The highest BCUT2D eigenvalue weighted by Crippen LogP contribution is 2.18. The van der Waals surface area contributed by atoms with Crippen molar-refractivity contribution in [3.8, 4) is 11.5 Å². The maximum absolute atomic E-state index is 12.5. The van der Waals surface area contributed by atoms with Gasteiger partial charge in [0.25, 0.3) is 11.8 Å². The second kappa shape index (κ2) is 11.2. The van der Waals surface area contributed by atoms with Gasteiger partial charge in [-0.2, -0.15) is 0 Å². The molecule has 2 N–H and O–H groups in total. The van der Waals surface area contributed by atoms with Crippen LogP contribution in [0.2, 0.25) is 5.02 Å². The summed E-state index contributed by atoms with van der Waals surface area (Å²) in [6, 6.07) is 20.2. The Bertz CT molecular complexity index is 1150. The summed E-state index contributed by atoms with van der Waals surface area (Å²) >= 11 is 5.86. The number of halogens is 1. The van der Waals surface area contributed by atoms with E-state index in [9.17, 15) is 14.4 Å². The van der Waals surface area contributed by atoms with Gasteiger partial charge in [0.2, 0.25) is 0 Å². The molecule has 2 amide bonds. The van der Waals surface area contributed by atoms with E-state index >= 15 is 0 Å². The van der Waals surface area contributed by atoms with Crippen LogP contribution in [0, 0.1) is 0 Å². The average molecular weight is 467 g/mol. The lowest BCUT2D eigenvalue weighted by atomic mass is 10.1. The molecule has 0 aliphatic heterocycles. The number of hydrogen-bond acceptors (Lipinski definition) is 5. The Morgan fingerprint density at radius 2 is 1.67 bits per heavy atom. The van der Waals surface area contributed by atoms with Crippen molar-refractivity contribution in [1.29, 1.82) is 0 Å². The zero-order chi connectivity index (χ0) is 23.8. The Hall–Kier alpha value is -3.84. The summed E-state index contributed by atoms with van der Waals surface area (Å²) in [5, 5.41) is 6.20. The zero-order valence-corrected chi connectivity index (χ0v) is 18.9. The summed E-state index contributed by atoms with van der Waals surface area (Å²) in [5.74, 6) is -0.248. The van der Waals surface area contributed by atoms with Gasteiger partial charge in [0.05, 0.1) is 0 Å². The van der Waals surface area contributed by atoms with Crippen molar-refractivity contribution in [2.75, 3.05) is 5.32 Å². The third kappa shape index (κ3) is 7.36. The molecule has 0 heterocycles. The second-order valence-corrected chi connectivity index (χ2v) is 7.64. The molecule has 0 saturated carbocycles. The van der Waals surface area contributed by atoms with Gasteiger partial charge < -0.3 is 20.1 Å². The van der Waals surface area contributed by atoms with E-state index in [2.05, 4.69) is 10.6 Å². The van der Waals surface area contributed by atoms with E-state index in [1.807, 2.05) is 6.07 Å². The molecule has 0 aliphatic carbocycles. The summed E-state index contributed by atoms with van der Waals surface area (Å²) in [7, 11) is 0. The fraction of sp³-hybridized carbons (Fsp3) is 0.160. The highest BCUT2D eigenvalue weighted by atomic mass is 35.5. The molecule has 8 heteroatoms. The molecule has 170 valence electrons. The molecule has 3 aromatic rings. The molecule has 0 aromatic heterocycles. The highest BCUT2D eigenvalue weighted by Gasteiger charge is 2.15. The first-order chi connectivity index (χ1) is 15.8. The van der Waals surface area contributed by atoms with Gasteiger partial charge in [0, 0.05) is 29.7 Å². The lowest BCUT2D eigenvalue weighted by Crippen LogP contribution is -2.30. The molecule has 0 aliphatic rings. The lowest BCUT2D eigenvalue weighted by Gasteiger charge is -2.15. The van der Waals surface area contributed by atoms with Crippen molar-refractivity contribution < 1.29 is 23.9 Å². The van der Waals surface area contributed by atoms with Crippen LogP contribution >= 0.6 is 11.6 Å². The molecule has 7 nitrogen and oxygen atoms in total. The van der Waals surface area contributed by atoms with Crippen LogP contribution in [0.5, 0.6) is 11.5 Å². The van der Waals surface area contributed by atoms with Gasteiger partial charge in [-0.3, -0.25) is 14.4 Å². The van der Waals surface area contributed by atoms with E-state index in [1.54, 1.807) is 67.6 Å². The predicted molar refractivity (Wildman–Crippen MR) is 126 cm³/mol. The SMILES string of the molecule is CC(=O)Oc1cccc(C(=O)NCc2cccc(NC(=O)C(C)Oc3ccc(Cl)cc3)c2)c1. The van der Waals surface area contributed by atoms with Crippen molar-refractivity contribution in [3.63, 3.8) is 0 Å². The third-order valence-electron chi connectivity index (χ3n) is 4.50. The first-order valence-electron chi connectivity index (χ1n) is 10.2. The Morgan fingerprint density at radius 3 is 2.39 bits per heavy atom. The molecular weight excluding hydrogens is 444 g/mol. The maximum atomic E-state index is 12.5. The summed E-state index contributed by atoms with van der Waals surface area (Å²) in [6.45, 7) is 3.19. The molecule has 3 rings (SSSR count). The van der Waals surface area contributed by atoms with Gasteiger partial charge in [-0.05, 0) is 67.1 Å². The molecule has 0 fully saturated rings. The number of carbonyl (C=O) groups excluding carboxylic acids is 3. The van der Waals surface area contributed by atoms with Gasteiger partial charge in [-0.15, -0.1) is 0 Å². The number of ether oxygens (including phenoxy) is 2. The average Bonchev–Trinajstić information content (AvgIpc) is 2.79. The van der Waals surface area contributed by atoms with Crippen LogP contribution < -0.4 is 20.1 Å². The Kier molecular flexibility index (Phi) is 8.05. The molecule has 1 atom stereocenters. The molecule has 0 saturated heterocycles. The van der Waals surface area contributed by atoms with Crippen molar-refractivity contribution in [2.45, 2.75) is 26.5 Å². The number of nitrogens with one attached hydrogen (secondary N) is 2. The number of hydrogen-bond donors (Lipinski definition) is 2. The monoisotopic (exact) mass is 466 g/mol. The third-order valence-corrected chi connectivity index (χ3v) is 4.75. The van der Waals surface area contributed by atoms with Crippen LogP contribution in [-0.4, -0.2) is 23.9 Å². The summed E-state index contributed by atoms with van der Waals surface area (Å²) in [5.41, 5.74) is 1.74. The van der Waals surface area contributed by atoms with Gasteiger partial charge in [-0.25, -0.2) is 0 Å². The number of amides is 2. The second-order valence-electron chi connectivity index (χ2n) is 7.21. The topological polar surface area (TPSA) is 93.7 Å². The van der Waals surface area contributed by atoms with E-state index in [0.29, 0.717) is 27.8 Å². The van der Waals surface area contributed by atoms with E-state index in [-0.39, 0.29) is 18.4 Å². The van der Waals surface area contributed by atoms with Crippen LogP contribution in [-0.2, 0) is 16.1 Å². The van der Waals surface area contributed by atoms with Crippen LogP contribution in [0.3, 0.4) is 0 Å². The summed E-state index contributed by atoms with van der Waals surface area (Å²) in [4.78, 5) is 36.0. The number of carbonyl (C=O) groups is 3. The van der Waals surface area contributed by atoms with E-state index in [0.717, 1.165) is 5.56 Å². The Labute approximate surface area is 196 Å². The normalized spacial score (nSPS) is 11.2. The smallest absolute Gasteiger partial charge is 0.308 e. The molecule has 0 radical (unpaired) electrons. The molecule has 1 unspecified atom stereocenters. The number of benzene rings is 3. The van der Waals surface area contributed by atoms with E-state index in [4.69, 9.17) is 21.1 Å². The van der Waals surface area contributed by atoms with Crippen molar-refractivity contribution in [1.82, 2.24) is 5.32 Å². The van der Waals surface area contributed by atoms with Gasteiger partial charge in [-0.1, -0.05) is 29.8 Å². The highest BCUT2D eigenvalue weighted by molar-refractivity contribution is 6.30. The quantitative estimate of drug-likeness (QED) is 0.374. The van der Waals surface area contributed by atoms with E-state index < -0.39 is 12.1 Å². The maximum Gasteiger partial charge on any atom is 0.308 e. The van der Waals surface area contributed by atoms with Crippen molar-refractivity contribution in [2.24, 2.45) is 0 Å². The van der Waals surface area contributed by atoms with Gasteiger partial charge >= 0.3 is 5.97 Å². The molecule has 3 aromatic carbocycles. The van der Waals surface area contributed by atoms with Crippen molar-refractivity contribution >= 4 is 35.1 Å². The minimum Gasteiger partial charge on any atom is -0.481 e. The minimum absolute atomic E-state index is 0.247. The fourth-order valence-electron chi connectivity index (χ4n) is 2.92. The van der Waals surface area contributed by atoms with Gasteiger partial charge in [0.1, 0.15) is 11.5 Å². The molecular formula is C25H23ClN2O5. The standard InChI is InChI=1S/C25H23ClN2O5/c1-16(32-22-11-9-20(26)10-12-22)24(30)28-21-7-3-5-18(13-21)15-27-25(31)19-6-4-8-23(14-19)33-17(2)29/h3-14,16H,15H2,1-2H3,(H,27,31)(H,28,30). The van der Waals surface area contributed by atoms with Crippen LogP contribution in [0.15, 0.2) is 72.8 Å². The molecule has 33 heavy (non-hydrogen) atoms. The Morgan fingerprint density at radius 1 is 0.939 bits per heavy atom. The molecule has 0 spiro atoms. The zero-order valence-electron chi connectivity index (χ0n) is 18.1. The minimum atomic E-state index is -0.723. The summed E-state index contributed by atoms with van der Waals surface area (Å²) < 4.78 is 10.6. The van der Waals surface area contributed by atoms with Gasteiger partial charge in [0.15, 0.2) is 6.10 Å². The number of esters is 1. The number of rotatable bonds is 8. The van der Waals surface area contributed by atoms with Crippen LogP contribution in [0.4, 0.5) is 5.69 Å². The van der Waals surface area contributed by atoms with E-state index in [1.165, 1.54) is 13.0 Å². The van der Waals surface area contributed by atoms with Crippen LogP contribution in [0.25, 0.3) is 0 Å². The number of anilines is 1. The summed E-state index contributed by atoms with van der Waals surface area (Å²) in [6.07, 6.45) is -0.723. The first kappa shape index (κ1) is 23.8. The van der Waals surface area contributed by atoms with Crippen LogP contribution in [0.1, 0.15) is 29.8 Å². The lowest BCUT2D eigenvalue weighted by molar-refractivity contribution is -0.131. The van der Waals surface area contributed by atoms with Crippen molar-refractivity contribution in [3.05, 3.63) is 88.9 Å². The first-order valence-corrected chi connectivity index (χ1v) is 10.6.